The molecule has 0 heterocycles. The van der Waals surface area contributed by atoms with Crippen molar-refractivity contribution in [3.05, 3.63) is 24.3 Å². The Hall–Kier alpha value is -1.22. The van der Waals surface area contributed by atoms with E-state index >= 15 is 0 Å². The summed E-state index contributed by atoms with van der Waals surface area (Å²) in [6, 6.07) is 9.30. The molecule has 1 fully saturated rings. The first kappa shape index (κ1) is 16.2. The molecule has 0 aliphatic heterocycles. The maximum atomic E-state index is 9.10. The highest BCUT2D eigenvalue weighted by Gasteiger charge is 2.11. The lowest BCUT2D eigenvalue weighted by Crippen LogP contribution is -2.26. The molecular weight excluding hydrogens is 260 g/mol. The summed E-state index contributed by atoms with van der Waals surface area (Å²) in [4.78, 5) is 2.19. The highest BCUT2D eigenvalue weighted by Crippen LogP contribution is 2.23. The zero-order valence-electron chi connectivity index (χ0n) is 13.4. The Balaban J connectivity index is 1.91. The van der Waals surface area contributed by atoms with Crippen LogP contribution in [0.5, 0.6) is 0 Å². The largest absolute Gasteiger partial charge is 0.395 e. The van der Waals surface area contributed by atoms with Crippen molar-refractivity contribution in [1.29, 1.82) is 0 Å². The molecule has 21 heavy (non-hydrogen) atoms. The minimum atomic E-state index is 0.204. The lowest BCUT2D eigenvalue weighted by Gasteiger charge is -2.24. The second-order valence-corrected chi connectivity index (χ2v) is 6.04. The minimum absolute atomic E-state index is 0.204. The zero-order valence-corrected chi connectivity index (χ0v) is 13.4. The molecule has 2 N–H and O–H groups in total. The highest BCUT2D eigenvalue weighted by atomic mass is 16.3. The van der Waals surface area contributed by atoms with Crippen LogP contribution in [0.25, 0.3) is 0 Å². The normalized spacial score (nSPS) is 17.0. The van der Waals surface area contributed by atoms with E-state index in [9.17, 15) is 0 Å². The number of benzene rings is 1. The van der Waals surface area contributed by atoms with Gasteiger partial charge < -0.3 is 15.3 Å². The first-order valence-corrected chi connectivity index (χ1v) is 8.56. The van der Waals surface area contributed by atoms with Gasteiger partial charge in [0.15, 0.2) is 0 Å². The molecular formula is C18H30N2O. The van der Waals surface area contributed by atoms with E-state index in [-0.39, 0.29) is 6.61 Å². The molecule has 0 radical (unpaired) electrons. The van der Waals surface area contributed by atoms with E-state index in [0.29, 0.717) is 12.6 Å². The second-order valence-electron chi connectivity index (χ2n) is 6.04. The lowest BCUT2D eigenvalue weighted by molar-refractivity contribution is 0.302. The summed E-state index contributed by atoms with van der Waals surface area (Å²) in [7, 11) is 0. The van der Waals surface area contributed by atoms with Gasteiger partial charge in [0.1, 0.15) is 0 Å². The summed E-state index contributed by atoms with van der Waals surface area (Å²) in [5, 5.41) is 12.8. The van der Waals surface area contributed by atoms with Crippen molar-refractivity contribution < 1.29 is 5.11 Å². The number of nitrogens with one attached hydrogen (secondary N) is 1. The first-order chi connectivity index (χ1) is 10.3. The molecule has 0 unspecified atom stereocenters. The predicted octanol–water partition coefficient (Wildman–Crippen LogP) is 4.03. The van der Waals surface area contributed by atoms with Crippen LogP contribution in [0.1, 0.15) is 51.9 Å². The third kappa shape index (κ3) is 5.24. The van der Waals surface area contributed by atoms with E-state index in [0.717, 1.165) is 6.54 Å². The number of hydrogen-bond acceptors (Lipinski definition) is 3. The van der Waals surface area contributed by atoms with Crippen molar-refractivity contribution in [3.8, 4) is 0 Å². The molecule has 118 valence electrons. The molecule has 0 spiro atoms. The average Bonchev–Trinajstić information content (AvgIpc) is 2.48. The molecule has 1 aliphatic carbocycles. The van der Waals surface area contributed by atoms with Crippen LogP contribution in [0.4, 0.5) is 11.4 Å². The highest BCUT2D eigenvalue weighted by molar-refractivity contribution is 5.55. The van der Waals surface area contributed by atoms with Crippen LogP contribution >= 0.6 is 0 Å². The fourth-order valence-electron chi connectivity index (χ4n) is 3.20. The van der Waals surface area contributed by atoms with Gasteiger partial charge >= 0.3 is 0 Å². The Labute approximate surface area is 129 Å². The maximum Gasteiger partial charge on any atom is 0.0606 e. The van der Waals surface area contributed by atoms with Gasteiger partial charge in [0.25, 0.3) is 0 Å². The fourth-order valence-corrected chi connectivity index (χ4v) is 3.20. The summed E-state index contributed by atoms with van der Waals surface area (Å²) >= 11 is 0. The van der Waals surface area contributed by atoms with E-state index in [4.69, 9.17) is 5.11 Å². The number of nitrogens with zero attached hydrogens (tertiary/aromatic N) is 1. The molecule has 2 rings (SSSR count). The van der Waals surface area contributed by atoms with Crippen LogP contribution in [-0.4, -0.2) is 30.8 Å². The van der Waals surface area contributed by atoms with Gasteiger partial charge in [0.05, 0.1) is 6.61 Å². The van der Waals surface area contributed by atoms with Crippen molar-refractivity contribution >= 4 is 11.4 Å². The lowest BCUT2D eigenvalue weighted by atomic mass is 9.96. The molecule has 1 aromatic carbocycles. The van der Waals surface area contributed by atoms with Crippen LogP contribution < -0.4 is 10.2 Å². The summed E-state index contributed by atoms with van der Waals surface area (Å²) in [6.45, 7) is 3.95. The molecule has 0 saturated heterocycles. The number of anilines is 2. The monoisotopic (exact) mass is 290 g/mol. The van der Waals surface area contributed by atoms with Gasteiger partial charge in [-0.25, -0.2) is 0 Å². The average molecular weight is 290 g/mol. The minimum Gasteiger partial charge on any atom is -0.395 e. The van der Waals surface area contributed by atoms with Crippen molar-refractivity contribution in [3.63, 3.8) is 0 Å². The van der Waals surface area contributed by atoms with E-state index in [1.54, 1.807) is 0 Å². The number of likely N-dealkylation sites (N-methyl/N-ethyl adjacent to an activating group) is 1. The van der Waals surface area contributed by atoms with Crippen LogP contribution in [0.3, 0.4) is 0 Å². The van der Waals surface area contributed by atoms with Crippen molar-refractivity contribution in [1.82, 2.24) is 0 Å². The van der Waals surface area contributed by atoms with Crippen LogP contribution in [0.15, 0.2) is 24.3 Å². The van der Waals surface area contributed by atoms with Gasteiger partial charge in [0, 0.05) is 30.5 Å². The fraction of sp³-hybridized carbons (Fsp3) is 0.667. The topological polar surface area (TPSA) is 35.5 Å². The Morgan fingerprint density at radius 1 is 1.05 bits per heavy atom. The standard InChI is InChI=1S/C18H30N2O/c1-2-20(14-15-21)18-12-10-17(11-13-18)19-16-8-6-4-3-5-7-9-16/h10-13,16,19,21H,2-9,14-15H2,1H3. The number of aliphatic hydroxyl groups excluding tert-OH is 1. The SMILES string of the molecule is CCN(CCO)c1ccc(NC2CCCCCCC2)cc1. The first-order valence-electron chi connectivity index (χ1n) is 8.56. The molecule has 0 aromatic heterocycles. The molecule has 0 atom stereocenters. The third-order valence-electron chi connectivity index (χ3n) is 4.46. The van der Waals surface area contributed by atoms with E-state index in [2.05, 4.69) is 41.4 Å². The van der Waals surface area contributed by atoms with Gasteiger partial charge in [-0.3, -0.25) is 0 Å². The van der Waals surface area contributed by atoms with Crippen LogP contribution in [-0.2, 0) is 0 Å². The summed E-state index contributed by atoms with van der Waals surface area (Å²) in [5.41, 5.74) is 2.42. The van der Waals surface area contributed by atoms with Crippen LogP contribution in [0, 0.1) is 0 Å². The van der Waals surface area contributed by atoms with E-state index in [1.165, 1.54) is 56.3 Å². The van der Waals surface area contributed by atoms with Gasteiger partial charge in [0.2, 0.25) is 0 Å². The molecule has 1 aromatic rings. The van der Waals surface area contributed by atoms with Gasteiger partial charge in [-0.15, -0.1) is 0 Å². The molecule has 1 saturated carbocycles. The van der Waals surface area contributed by atoms with Crippen molar-refractivity contribution in [2.24, 2.45) is 0 Å². The van der Waals surface area contributed by atoms with E-state index in [1.807, 2.05) is 0 Å². The molecule has 0 bridgehead atoms. The van der Waals surface area contributed by atoms with Crippen molar-refractivity contribution in [2.45, 2.75) is 57.9 Å². The summed E-state index contributed by atoms with van der Waals surface area (Å²) in [6.07, 6.45) is 9.51. The van der Waals surface area contributed by atoms with Gasteiger partial charge in [-0.05, 0) is 44.0 Å². The second kappa shape index (κ2) is 8.93. The summed E-state index contributed by atoms with van der Waals surface area (Å²) in [5.74, 6) is 0. The molecule has 3 nitrogen and oxygen atoms in total. The number of rotatable bonds is 6. The zero-order chi connectivity index (χ0) is 14.9. The Morgan fingerprint density at radius 3 is 2.24 bits per heavy atom. The van der Waals surface area contributed by atoms with Crippen molar-refractivity contribution in [2.75, 3.05) is 29.9 Å². The Bertz CT molecular complexity index is 383. The van der Waals surface area contributed by atoms with Gasteiger partial charge in [-0.2, -0.15) is 0 Å². The molecule has 1 aliphatic rings. The molecule has 0 amide bonds. The Kier molecular flexibility index (Phi) is 6.87. The quantitative estimate of drug-likeness (QED) is 0.830. The predicted molar refractivity (Wildman–Crippen MR) is 91.1 cm³/mol. The maximum absolute atomic E-state index is 9.10. The smallest absolute Gasteiger partial charge is 0.0606 e. The number of hydrogen-bond donors (Lipinski definition) is 2. The van der Waals surface area contributed by atoms with Crippen LogP contribution in [0.2, 0.25) is 0 Å². The third-order valence-corrected chi connectivity index (χ3v) is 4.46. The van der Waals surface area contributed by atoms with E-state index < -0.39 is 0 Å². The molecule has 3 heteroatoms. The summed E-state index contributed by atoms with van der Waals surface area (Å²) < 4.78 is 0. The van der Waals surface area contributed by atoms with Gasteiger partial charge in [-0.1, -0.05) is 32.1 Å². The Morgan fingerprint density at radius 2 is 1.67 bits per heavy atom. The number of aliphatic hydroxyl groups is 1.